The summed E-state index contributed by atoms with van der Waals surface area (Å²) in [6, 6.07) is 1.46. The minimum atomic E-state index is -3.58. The summed E-state index contributed by atoms with van der Waals surface area (Å²) in [6.07, 6.45) is 3.34. The van der Waals surface area contributed by atoms with Crippen molar-refractivity contribution in [2.75, 3.05) is 5.73 Å². The molecule has 1 aromatic heterocycles. The van der Waals surface area contributed by atoms with Gasteiger partial charge in [0.25, 0.3) is 0 Å². The van der Waals surface area contributed by atoms with Gasteiger partial charge in [0, 0.05) is 10.6 Å². The van der Waals surface area contributed by atoms with E-state index in [4.69, 9.17) is 10.9 Å². The zero-order chi connectivity index (χ0) is 10.3. The van der Waals surface area contributed by atoms with Crippen LogP contribution in [0.1, 0.15) is 17.7 Å². The molecule has 0 amide bonds. The molecule has 0 spiro atoms. The minimum absolute atomic E-state index is 0.172. The van der Waals surface area contributed by atoms with E-state index < -0.39 is 10.0 Å². The Balaban J connectivity index is 2.28. The predicted octanol–water partition coefficient (Wildman–Crippen LogP) is 0.930. The highest BCUT2D eigenvalue weighted by atomic mass is 32.2. The monoisotopic (exact) mass is 232 g/mol. The Morgan fingerprint density at radius 2 is 2.14 bits per heavy atom. The molecule has 0 bridgehead atoms. The lowest BCUT2D eigenvalue weighted by Crippen LogP contribution is -2.09. The molecule has 4 nitrogen and oxygen atoms in total. The Morgan fingerprint density at radius 1 is 1.50 bits per heavy atom. The molecule has 0 aromatic carbocycles. The first kappa shape index (κ1) is 9.95. The van der Waals surface area contributed by atoms with E-state index in [9.17, 15) is 8.42 Å². The van der Waals surface area contributed by atoms with E-state index in [1.165, 1.54) is 30.2 Å². The summed E-state index contributed by atoms with van der Waals surface area (Å²) in [5.74, 6) is 0.698. The number of anilines is 1. The molecule has 1 aromatic rings. The van der Waals surface area contributed by atoms with Crippen LogP contribution >= 0.6 is 11.3 Å². The van der Waals surface area contributed by atoms with Crippen LogP contribution in [0.25, 0.3) is 0 Å². The maximum Gasteiger partial charge on any atom is 0.247 e. The molecule has 0 unspecified atom stereocenters. The highest BCUT2D eigenvalue weighted by Gasteiger charge is 2.24. The molecule has 0 atom stereocenters. The summed E-state index contributed by atoms with van der Waals surface area (Å²) >= 11 is 1.20. The van der Waals surface area contributed by atoms with Gasteiger partial charge >= 0.3 is 0 Å². The highest BCUT2D eigenvalue weighted by molar-refractivity contribution is 7.91. The Bertz CT molecular complexity index is 446. The van der Waals surface area contributed by atoms with Gasteiger partial charge in [0.05, 0.1) is 0 Å². The maximum atomic E-state index is 11.0. The number of nitrogen functional groups attached to an aromatic ring is 1. The third kappa shape index (κ3) is 2.08. The zero-order valence-corrected chi connectivity index (χ0v) is 9.20. The topological polar surface area (TPSA) is 86.2 Å². The third-order valence-corrected chi connectivity index (χ3v) is 4.86. The summed E-state index contributed by atoms with van der Waals surface area (Å²) in [7, 11) is -3.58. The van der Waals surface area contributed by atoms with Crippen molar-refractivity contribution in [2.45, 2.75) is 23.5 Å². The molecule has 1 saturated carbocycles. The summed E-state index contributed by atoms with van der Waals surface area (Å²) < 4.78 is 22.2. The van der Waals surface area contributed by atoms with Crippen molar-refractivity contribution in [2.24, 2.45) is 11.1 Å². The number of hydrogen-bond acceptors (Lipinski definition) is 4. The van der Waals surface area contributed by atoms with Crippen LogP contribution in [0, 0.1) is 5.92 Å². The number of thiophene rings is 1. The molecule has 2 rings (SSSR count). The van der Waals surface area contributed by atoms with E-state index in [0.29, 0.717) is 11.6 Å². The van der Waals surface area contributed by atoms with E-state index >= 15 is 0 Å². The van der Waals surface area contributed by atoms with Crippen LogP contribution in [-0.4, -0.2) is 8.42 Å². The summed E-state index contributed by atoms with van der Waals surface area (Å²) in [5, 5.41) is 5.01. The Morgan fingerprint density at radius 3 is 2.57 bits per heavy atom. The van der Waals surface area contributed by atoms with Crippen molar-refractivity contribution >= 4 is 27.0 Å². The predicted molar refractivity (Wildman–Crippen MR) is 56.5 cm³/mol. The fraction of sp³-hybridized carbons (Fsp3) is 0.500. The first-order chi connectivity index (χ1) is 6.47. The van der Waals surface area contributed by atoms with E-state index in [1.54, 1.807) is 0 Å². The fourth-order valence-electron chi connectivity index (χ4n) is 1.30. The molecule has 0 radical (unpaired) electrons. The van der Waals surface area contributed by atoms with Gasteiger partial charge in [-0.05, 0) is 31.2 Å². The Hall–Kier alpha value is -0.590. The number of sulfonamides is 1. The maximum absolute atomic E-state index is 11.0. The van der Waals surface area contributed by atoms with Crippen LogP contribution in [0.15, 0.2) is 10.3 Å². The van der Waals surface area contributed by atoms with Crippen molar-refractivity contribution in [3.05, 3.63) is 10.9 Å². The second-order valence-electron chi connectivity index (χ2n) is 3.64. The zero-order valence-electron chi connectivity index (χ0n) is 7.56. The van der Waals surface area contributed by atoms with Gasteiger partial charge in [-0.15, -0.1) is 11.3 Å². The summed E-state index contributed by atoms with van der Waals surface area (Å²) in [6.45, 7) is 0. The lowest BCUT2D eigenvalue weighted by Gasteiger charge is -1.94. The van der Waals surface area contributed by atoms with Crippen molar-refractivity contribution in [1.82, 2.24) is 0 Å². The average molecular weight is 232 g/mol. The number of nitrogens with two attached hydrogens (primary N) is 2. The Kier molecular flexibility index (Phi) is 2.29. The van der Waals surface area contributed by atoms with Crippen LogP contribution in [0.4, 0.5) is 5.69 Å². The second kappa shape index (κ2) is 3.22. The fourth-order valence-corrected chi connectivity index (χ4v) is 3.28. The van der Waals surface area contributed by atoms with Crippen LogP contribution in [0.2, 0.25) is 0 Å². The SMILES string of the molecule is Nc1cc(S(N)(=O)=O)sc1CC1CC1. The average Bonchev–Trinajstić information content (AvgIpc) is 2.76. The highest BCUT2D eigenvalue weighted by Crippen LogP contribution is 2.37. The largest absolute Gasteiger partial charge is 0.398 e. The molecule has 0 aliphatic heterocycles. The quantitative estimate of drug-likeness (QED) is 0.812. The molecular formula is C8H12N2O2S2. The van der Waals surface area contributed by atoms with Gasteiger partial charge in [-0.25, -0.2) is 13.6 Å². The van der Waals surface area contributed by atoms with Crippen LogP contribution in [-0.2, 0) is 16.4 Å². The Labute approximate surface area is 87.0 Å². The van der Waals surface area contributed by atoms with Crippen molar-refractivity contribution < 1.29 is 8.42 Å². The summed E-state index contributed by atoms with van der Waals surface area (Å²) in [4.78, 5) is 0.955. The van der Waals surface area contributed by atoms with E-state index in [1.807, 2.05) is 0 Å². The first-order valence-electron chi connectivity index (χ1n) is 4.38. The van der Waals surface area contributed by atoms with E-state index in [0.717, 1.165) is 11.3 Å². The molecular weight excluding hydrogens is 220 g/mol. The standard InChI is InChI=1S/C8H12N2O2S2/c9-6-4-8(14(10,11)12)13-7(6)3-5-1-2-5/h4-5H,1-3,9H2,(H2,10,11,12). The molecule has 1 aliphatic carbocycles. The van der Waals surface area contributed by atoms with E-state index in [-0.39, 0.29) is 4.21 Å². The van der Waals surface area contributed by atoms with Gasteiger partial charge in [0.2, 0.25) is 10.0 Å². The number of hydrogen-bond donors (Lipinski definition) is 2. The normalized spacial score (nSPS) is 17.2. The van der Waals surface area contributed by atoms with Gasteiger partial charge in [-0.3, -0.25) is 0 Å². The number of primary sulfonamides is 1. The van der Waals surface area contributed by atoms with Gasteiger partial charge in [-0.1, -0.05) is 0 Å². The minimum Gasteiger partial charge on any atom is -0.398 e. The van der Waals surface area contributed by atoms with Gasteiger partial charge in [0.15, 0.2) is 0 Å². The molecule has 4 N–H and O–H groups in total. The van der Waals surface area contributed by atoms with Gasteiger partial charge < -0.3 is 5.73 Å². The van der Waals surface area contributed by atoms with Crippen molar-refractivity contribution in [1.29, 1.82) is 0 Å². The van der Waals surface area contributed by atoms with E-state index in [2.05, 4.69) is 0 Å². The molecule has 78 valence electrons. The lowest BCUT2D eigenvalue weighted by atomic mass is 10.2. The van der Waals surface area contributed by atoms with Crippen molar-refractivity contribution in [3.63, 3.8) is 0 Å². The molecule has 1 fully saturated rings. The third-order valence-electron chi connectivity index (χ3n) is 2.27. The molecule has 1 heterocycles. The van der Waals surface area contributed by atoms with Crippen molar-refractivity contribution in [3.8, 4) is 0 Å². The van der Waals surface area contributed by atoms with Crippen LogP contribution < -0.4 is 10.9 Å². The molecule has 14 heavy (non-hydrogen) atoms. The second-order valence-corrected chi connectivity index (χ2v) is 6.56. The molecule has 0 saturated heterocycles. The lowest BCUT2D eigenvalue weighted by molar-refractivity contribution is 0.600. The van der Waals surface area contributed by atoms with Crippen LogP contribution in [0.3, 0.4) is 0 Å². The van der Waals surface area contributed by atoms with Gasteiger partial charge in [0.1, 0.15) is 4.21 Å². The van der Waals surface area contributed by atoms with Gasteiger partial charge in [-0.2, -0.15) is 0 Å². The number of rotatable bonds is 3. The van der Waals surface area contributed by atoms with Crippen LogP contribution in [0.5, 0.6) is 0 Å². The smallest absolute Gasteiger partial charge is 0.247 e. The molecule has 6 heteroatoms. The first-order valence-corrected chi connectivity index (χ1v) is 6.74. The molecule has 1 aliphatic rings. The summed E-state index contributed by atoms with van der Waals surface area (Å²) in [5.41, 5.74) is 6.27.